The Balaban J connectivity index is 1.59. The van der Waals surface area contributed by atoms with Gasteiger partial charge in [-0.2, -0.15) is 0 Å². The smallest absolute Gasteiger partial charge is 0.311 e. The van der Waals surface area contributed by atoms with Crippen molar-refractivity contribution in [1.29, 1.82) is 0 Å². The van der Waals surface area contributed by atoms with Crippen molar-refractivity contribution in [3.8, 4) is 0 Å². The molecule has 0 aliphatic carbocycles. The number of carbonyl (C=O) groups is 2. The van der Waals surface area contributed by atoms with Gasteiger partial charge in [0.05, 0.1) is 24.3 Å². The SMILES string of the molecule is CCOC(=O)Cc1csc(SCCN2C(=O)c3ccccc3S2(=O)=O)n1. The summed E-state index contributed by atoms with van der Waals surface area (Å²) in [7, 11) is -3.77. The molecule has 26 heavy (non-hydrogen) atoms. The number of esters is 1. The van der Waals surface area contributed by atoms with Crippen molar-refractivity contribution in [2.45, 2.75) is 22.6 Å². The van der Waals surface area contributed by atoms with E-state index in [1.807, 2.05) is 0 Å². The molecule has 0 unspecified atom stereocenters. The molecule has 0 spiro atoms. The Morgan fingerprint density at radius 2 is 2.12 bits per heavy atom. The third-order valence-corrected chi connectivity index (χ3v) is 7.48. The van der Waals surface area contributed by atoms with Gasteiger partial charge in [0.25, 0.3) is 15.9 Å². The molecule has 1 aromatic carbocycles. The minimum Gasteiger partial charge on any atom is -0.466 e. The zero-order valence-electron chi connectivity index (χ0n) is 13.9. The molecule has 7 nitrogen and oxygen atoms in total. The van der Waals surface area contributed by atoms with Gasteiger partial charge in [0.2, 0.25) is 0 Å². The van der Waals surface area contributed by atoms with Crippen LogP contribution in [-0.2, 0) is 26.0 Å². The average molecular weight is 413 g/mol. The van der Waals surface area contributed by atoms with Crippen molar-refractivity contribution in [2.24, 2.45) is 0 Å². The van der Waals surface area contributed by atoms with E-state index in [1.165, 1.54) is 35.2 Å². The van der Waals surface area contributed by atoms with E-state index in [-0.39, 0.29) is 29.4 Å². The molecule has 0 saturated carbocycles. The molecular weight excluding hydrogens is 396 g/mol. The summed E-state index contributed by atoms with van der Waals surface area (Å²) in [5.41, 5.74) is 0.830. The van der Waals surface area contributed by atoms with Crippen molar-refractivity contribution >= 4 is 45.0 Å². The number of hydrogen-bond donors (Lipinski definition) is 0. The minimum atomic E-state index is -3.77. The molecule has 1 amide bonds. The van der Waals surface area contributed by atoms with Crippen LogP contribution in [0.1, 0.15) is 23.0 Å². The van der Waals surface area contributed by atoms with Gasteiger partial charge in [0, 0.05) is 17.7 Å². The largest absolute Gasteiger partial charge is 0.466 e. The predicted molar refractivity (Wildman–Crippen MR) is 97.8 cm³/mol. The fourth-order valence-corrected chi connectivity index (χ4v) is 5.99. The second kappa shape index (κ2) is 7.77. The number of carbonyl (C=O) groups excluding carboxylic acids is 2. The first kappa shape index (κ1) is 18.9. The molecule has 1 aliphatic rings. The van der Waals surface area contributed by atoms with E-state index >= 15 is 0 Å². The molecule has 0 saturated heterocycles. The van der Waals surface area contributed by atoms with Gasteiger partial charge in [0.1, 0.15) is 9.24 Å². The van der Waals surface area contributed by atoms with Crippen LogP contribution in [0.25, 0.3) is 0 Å². The standard InChI is InChI=1S/C16H16N2O5S3/c1-2-23-14(19)9-11-10-25-16(17-11)24-8-7-18-15(20)12-5-3-4-6-13(12)26(18,21)22/h3-6,10H,2,7-9H2,1H3. The van der Waals surface area contributed by atoms with E-state index in [1.54, 1.807) is 24.4 Å². The van der Waals surface area contributed by atoms with Crippen LogP contribution >= 0.6 is 23.1 Å². The van der Waals surface area contributed by atoms with E-state index in [0.29, 0.717) is 22.4 Å². The molecule has 2 heterocycles. The van der Waals surface area contributed by atoms with E-state index < -0.39 is 15.9 Å². The lowest BCUT2D eigenvalue weighted by molar-refractivity contribution is -0.142. The number of nitrogens with zero attached hydrogens (tertiary/aromatic N) is 2. The lowest BCUT2D eigenvalue weighted by atomic mass is 10.2. The maximum atomic E-state index is 12.5. The number of benzene rings is 1. The van der Waals surface area contributed by atoms with E-state index in [4.69, 9.17) is 4.74 Å². The predicted octanol–water partition coefficient (Wildman–Crippen LogP) is 2.19. The van der Waals surface area contributed by atoms with Gasteiger partial charge >= 0.3 is 5.97 Å². The van der Waals surface area contributed by atoms with Crippen LogP contribution in [0.4, 0.5) is 0 Å². The number of amides is 1. The molecule has 138 valence electrons. The number of thioether (sulfide) groups is 1. The Morgan fingerprint density at radius 1 is 1.35 bits per heavy atom. The Kier molecular flexibility index (Phi) is 5.64. The summed E-state index contributed by atoms with van der Waals surface area (Å²) < 4.78 is 31.4. The van der Waals surface area contributed by atoms with E-state index in [0.717, 1.165) is 4.31 Å². The Morgan fingerprint density at radius 3 is 2.85 bits per heavy atom. The highest BCUT2D eigenvalue weighted by Gasteiger charge is 2.40. The molecule has 10 heteroatoms. The molecular formula is C16H16N2O5S3. The Labute approximate surface area is 159 Å². The first-order chi connectivity index (χ1) is 12.4. The number of hydrogen-bond acceptors (Lipinski definition) is 8. The van der Waals surface area contributed by atoms with Gasteiger partial charge in [-0.25, -0.2) is 17.7 Å². The first-order valence-electron chi connectivity index (χ1n) is 7.82. The normalized spacial score (nSPS) is 15.1. The lowest BCUT2D eigenvalue weighted by Crippen LogP contribution is -2.32. The molecule has 2 aromatic rings. The second-order valence-corrected chi connectivity index (χ2v) is 9.34. The summed E-state index contributed by atoms with van der Waals surface area (Å²) in [4.78, 5) is 28.1. The zero-order valence-corrected chi connectivity index (χ0v) is 16.3. The number of thiazole rings is 1. The van der Waals surface area contributed by atoms with Crippen molar-refractivity contribution in [2.75, 3.05) is 18.9 Å². The van der Waals surface area contributed by atoms with E-state index in [2.05, 4.69) is 4.98 Å². The van der Waals surface area contributed by atoms with Gasteiger partial charge in [-0.1, -0.05) is 23.9 Å². The Bertz CT molecular complexity index is 939. The summed E-state index contributed by atoms with van der Waals surface area (Å²) in [5.74, 6) is -0.449. The molecule has 1 aliphatic heterocycles. The summed E-state index contributed by atoms with van der Waals surface area (Å²) in [6, 6.07) is 6.21. The molecule has 3 rings (SSSR count). The van der Waals surface area contributed by atoms with Crippen LogP contribution in [0.3, 0.4) is 0 Å². The van der Waals surface area contributed by atoms with Crippen molar-refractivity contribution in [3.05, 3.63) is 40.9 Å². The third-order valence-electron chi connectivity index (χ3n) is 3.59. The van der Waals surface area contributed by atoms with Crippen molar-refractivity contribution < 1.29 is 22.7 Å². The fraction of sp³-hybridized carbons (Fsp3) is 0.312. The maximum absolute atomic E-state index is 12.5. The highest BCUT2D eigenvalue weighted by Crippen LogP contribution is 2.31. The zero-order chi connectivity index (χ0) is 18.7. The number of ether oxygens (including phenoxy) is 1. The van der Waals surface area contributed by atoms with Gasteiger partial charge in [-0.15, -0.1) is 11.3 Å². The van der Waals surface area contributed by atoms with Crippen LogP contribution in [0.2, 0.25) is 0 Å². The number of fused-ring (bicyclic) bond motifs is 1. The highest BCUT2D eigenvalue weighted by atomic mass is 32.2. The highest BCUT2D eigenvalue weighted by molar-refractivity contribution is 8.01. The number of rotatable bonds is 7. The van der Waals surface area contributed by atoms with Crippen molar-refractivity contribution in [1.82, 2.24) is 9.29 Å². The van der Waals surface area contributed by atoms with Crippen LogP contribution in [0.15, 0.2) is 38.9 Å². The summed E-state index contributed by atoms with van der Waals surface area (Å²) in [6.45, 7) is 2.13. The summed E-state index contributed by atoms with van der Waals surface area (Å²) in [5, 5.41) is 1.77. The molecule has 0 fully saturated rings. The molecule has 0 N–H and O–H groups in total. The maximum Gasteiger partial charge on any atom is 0.311 e. The van der Waals surface area contributed by atoms with E-state index in [9.17, 15) is 18.0 Å². The number of sulfonamides is 1. The number of aromatic nitrogens is 1. The Hall–Kier alpha value is -1.91. The van der Waals surface area contributed by atoms with Crippen LogP contribution in [0, 0.1) is 0 Å². The molecule has 0 atom stereocenters. The van der Waals surface area contributed by atoms with Gasteiger partial charge in [-0.05, 0) is 19.1 Å². The lowest BCUT2D eigenvalue weighted by Gasteiger charge is -2.14. The monoisotopic (exact) mass is 412 g/mol. The molecule has 0 bridgehead atoms. The first-order valence-corrected chi connectivity index (χ1v) is 11.1. The second-order valence-electron chi connectivity index (χ2n) is 5.31. The third kappa shape index (κ3) is 3.76. The van der Waals surface area contributed by atoms with Crippen LogP contribution < -0.4 is 0 Å². The molecule has 1 aromatic heterocycles. The van der Waals surface area contributed by atoms with Gasteiger partial charge < -0.3 is 4.74 Å². The van der Waals surface area contributed by atoms with Gasteiger partial charge in [-0.3, -0.25) is 9.59 Å². The molecule has 0 radical (unpaired) electrons. The average Bonchev–Trinajstić information content (AvgIpc) is 3.12. The van der Waals surface area contributed by atoms with Crippen LogP contribution in [-0.4, -0.2) is 48.5 Å². The fourth-order valence-electron chi connectivity index (χ4n) is 2.46. The minimum absolute atomic E-state index is 0.0565. The topological polar surface area (TPSA) is 93.6 Å². The summed E-state index contributed by atoms with van der Waals surface area (Å²) >= 11 is 2.72. The quantitative estimate of drug-likeness (QED) is 0.508. The van der Waals surface area contributed by atoms with Crippen molar-refractivity contribution in [3.63, 3.8) is 0 Å². The summed E-state index contributed by atoms with van der Waals surface area (Å²) in [6.07, 6.45) is 0.110. The van der Waals surface area contributed by atoms with Crippen LogP contribution in [0.5, 0.6) is 0 Å². The van der Waals surface area contributed by atoms with Gasteiger partial charge in [0.15, 0.2) is 0 Å².